The minimum Gasteiger partial charge on any atom is -0.461 e. The number of nitrogens with zero attached hydrogens (tertiary/aromatic N) is 1. The summed E-state index contributed by atoms with van der Waals surface area (Å²) in [5, 5.41) is 0. The van der Waals surface area contributed by atoms with Gasteiger partial charge in [-0.2, -0.15) is 0 Å². The largest absolute Gasteiger partial charge is 0.461 e. The van der Waals surface area contributed by atoms with E-state index >= 15 is 0 Å². The van der Waals surface area contributed by atoms with Gasteiger partial charge in [-0.15, -0.1) is 0 Å². The highest BCUT2D eigenvalue weighted by molar-refractivity contribution is 5.87. The van der Waals surface area contributed by atoms with Crippen LogP contribution in [0, 0.1) is 11.6 Å². The Kier molecular flexibility index (Phi) is 3.36. The lowest BCUT2D eigenvalue weighted by atomic mass is 10.2. The molecular formula is C12H9F2NO3. The molecule has 0 saturated heterocycles. The Hall–Kier alpha value is -2.24. The molecule has 0 spiro atoms. The van der Waals surface area contributed by atoms with Crippen molar-refractivity contribution in [2.75, 3.05) is 6.61 Å². The first kappa shape index (κ1) is 12.2. The van der Waals surface area contributed by atoms with Crippen LogP contribution in [0.1, 0.15) is 17.4 Å². The van der Waals surface area contributed by atoms with Crippen molar-refractivity contribution in [3.05, 3.63) is 41.8 Å². The van der Waals surface area contributed by atoms with Crippen molar-refractivity contribution in [2.24, 2.45) is 0 Å². The van der Waals surface area contributed by atoms with Crippen molar-refractivity contribution in [3.8, 4) is 11.5 Å². The summed E-state index contributed by atoms with van der Waals surface area (Å²) in [4.78, 5) is 15.1. The molecule has 2 aromatic rings. The molecule has 0 bridgehead atoms. The van der Waals surface area contributed by atoms with Gasteiger partial charge in [0, 0.05) is 0 Å². The van der Waals surface area contributed by atoms with Gasteiger partial charge in [0.15, 0.2) is 17.3 Å². The third-order valence-electron chi connectivity index (χ3n) is 2.17. The molecule has 0 amide bonds. The lowest BCUT2D eigenvalue weighted by molar-refractivity contribution is 0.0519. The number of ether oxygens (including phenoxy) is 1. The summed E-state index contributed by atoms with van der Waals surface area (Å²) in [5.41, 5.74) is -0.235. The number of hydrogen-bond acceptors (Lipinski definition) is 4. The normalized spacial score (nSPS) is 10.4. The first-order valence-corrected chi connectivity index (χ1v) is 5.20. The molecule has 0 saturated carbocycles. The van der Waals surface area contributed by atoms with E-state index < -0.39 is 17.6 Å². The van der Waals surface area contributed by atoms with Gasteiger partial charge in [-0.1, -0.05) is 6.07 Å². The Morgan fingerprint density at radius 2 is 2.22 bits per heavy atom. The summed E-state index contributed by atoms with van der Waals surface area (Å²) >= 11 is 0. The summed E-state index contributed by atoms with van der Waals surface area (Å²) in [6.07, 6.45) is 1.04. The van der Waals surface area contributed by atoms with Gasteiger partial charge in [0.25, 0.3) is 0 Å². The van der Waals surface area contributed by atoms with E-state index in [1.807, 2.05) is 0 Å². The quantitative estimate of drug-likeness (QED) is 0.789. The SMILES string of the molecule is CCOC(=O)c1coc(-c2cccc(F)c2F)n1. The Labute approximate surface area is 101 Å². The molecule has 0 fully saturated rings. The molecule has 18 heavy (non-hydrogen) atoms. The molecule has 0 aliphatic carbocycles. The second kappa shape index (κ2) is 4.95. The number of oxazole rings is 1. The third-order valence-corrected chi connectivity index (χ3v) is 2.17. The molecule has 0 unspecified atom stereocenters. The van der Waals surface area contributed by atoms with E-state index in [9.17, 15) is 13.6 Å². The number of halogens is 2. The predicted octanol–water partition coefficient (Wildman–Crippen LogP) is 2.80. The average molecular weight is 253 g/mol. The van der Waals surface area contributed by atoms with Crippen molar-refractivity contribution >= 4 is 5.97 Å². The smallest absolute Gasteiger partial charge is 0.360 e. The average Bonchev–Trinajstić information content (AvgIpc) is 2.82. The van der Waals surface area contributed by atoms with Crippen LogP contribution in [0.5, 0.6) is 0 Å². The van der Waals surface area contributed by atoms with Crippen LogP contribution in [0.15, 0.2) is 28.9 Å². The maximum absolute atomic E-state index is 13.5. The van der Waals surface area contributed by atoms with E-state index in [1.54, 1.807) is 6.92 Å². The van der Waals surface area contributed by atoms with Crippen molar-refractivity contribution in [3.63, 3.8) is 0 Å². The first-order valence-electron chi connectivity index (χ1n) is 5.20. The second-order valence-corrected chi connectivity index (χ2v) is 3.36. The number of benzene rings is 1. The van der Waals surface area contributed by atoms with Crippen LogP contribution in [0.3, 0.4) is 0 Å². The van der Waals surface area contributed by atoms with Crippen molar-refractivity contribution in [2.45, 2.75) is 6.92 Å². The molecule has 1 heterocycles. The van der Waals surface area contributed by atoms with Crippen LogP contribution in [0.2, 0.25) is 0 Å². The second-order valence-electron chi connectivity index (χ2n) is 3.36. The topological polar surface area (TPSA) is 52.3 Å². The molecule has 6 heteroatoms. The number of carbonyl (C=O) groups is 1. The molecule has 0 atom stereocenters. The van der Waals surface area contributed by atoms with Crippen LogP contribution in [-0.4, -0.2) is 17.6 Å². The van der Waals surface area contributed by atoms with Gasteiger partial charge < -0.3 is 9.15 Å². The zero-order valence-corrected chi connectivity index (χ0v) is 9.44. The molecule has 0 aliphatic rings. The fourth-order valence-corrected chi connectivity index (χ4v) is 1.37. The summed E-state index contributed by atoms with van der Waals surface area (Å²) in [5.74, 6) is -2.93. The lowest BCUT2D eigenvalue weighted by Crippen LogP contribution is -2.04. The minimum absolute atomic E-state index is 0.0875. The monoisotopic (exact) mass is 253 g/mol. The van der Waals surface area contributed by atoms with Gasteiger partial charge in [0.2, 0.25) is 5.89 Å². The third kappa shape index (κ3) is 2.22. The van der Waals surface area contributed by atoms with Gasteiger partial charge in [0.1, 0.15) is 6.26 Å². The van der Waals surface area contributed by atoms with Crippen LogP contribution in [0.4, 0.5) is 8.78 Å². The van der Waals surface area contributed by atoms with E-state index in [-0.39, 0.29) is 23.8 Å². The Balaban J connectivity index is 2.35. The molecule has 4 nitrogen and oxygen atoms in total. The maximum Gasteiger partial charge on any atom is 0.360 e. The molecule has 94 valence electrons. The van der Waals surface area contributed by atoms with Crippen LogP contribution < -0.4 is 0 Å². The van der Waals surface area contributed by atoms with Gasteiger partial charge in [0.05, 0.1) is 12.2 Å². The Morgan fingerprint density at radius 3 is 2.94 bits per heavy atom. The fourth-order valence-electron chi connectivity index (χ4n) is 1.37. The van der Waals surface area contributed by atoms with E-state index in [4.69, 9.17) is 9.15 Å². The number of carbonyl (C=O) groups excluding carboxylic acids is 1. The van der Waals surface area contributed by atoms with E-state index in [1.165, 1.54) is 12.1 Å². The van der Waals surface area contributed by atoms with Gasteiger partial charge in [-0.05, 0) is 19.1 Å². The Bertz CT molecular complexity index is 580. The van der Waals surface area contributed by atoms with E-state index in [0.29, 0.717) is 0 Å². The predicted molar refractivity (Wildman–Crippen MR) is 57.8 cm³/mol. The van der Waals surface area contributed by atoms with Gasteiger partial charge in [-0.25, -0.2) is 18.6 Å². The summed E-state index contributed by atoms with van der Waals surface area (Å²) in [7, 11) is 0. The zero-order valence-electron chi connectivity index (χ0n) is 9.44. The van der Waals surface area contributed by atoms with Crippen LogP contribution in [0.25, 0.3) is 11.5 Å². The van der Waals surface area contributed by atoms with Gasteiger partial charge in [-0.3, -0.25) is 0 Å². The molecule has 2 rings (SSSR count). The van der Waals surface area contributed by atoms with Crippen molar-refractivity contribution in [1.29, 1.82) is 0 Å². The number of hydrogen-bond donors (Lipinski definition) is 0. The molecular weight excluding hydrogens is 244 g/mol. The van der Waals surface area contributed by atoms with E-state index in [0.717, 1.165) is 12.3 Å². The Morgan fingerprint density at radius 1 is 1.44 bits per heavy atom. The van der Waals surface area contributed by atoms with Crippen molar-refractivity contribution in [1.82, 2.24) is 4.98 Å². The van der Waals surface area contributed by atoms with Crippen LogP contribution in [-0.2, 0) is 4.74 Å². The molecule has 0 N–H and O–H groups in total. The lowest BCUT2D eigenvalue weighted by Gasteiger charge is -1.98. The summed E-state index contributed by atoms with van der Waals surface area (Å²) in [6, 6.07) is 3.61. The number of esters is 1. The molecule has 0 radical (unpaired) electrons. The minimum atomic E-state index is -1.07. The standard InChI is InChI=1S/C12H9F2NO3/c1-2-17-12(16)9-6-18-11(15-9)7-4-3-5-8(13)10(7)14/h3-6H,2H2,1H3. The van der Waals surface area contributed by atoms with Gasteiger partial charge >= 0.3 is 5.97 Å². The van der Waals surface area contributed by atoms with Crippen LogP contribution >= 0.6 is 0 Å². The fraction of sp³-hybridized carbons (Fsp3) is 0.167. The maximum atomic E-state index is 13.5. The summed E-state index contributed by atoms with van der Waals surface area (Å²) in [6.45, 7) is 1.83. The molecule has 1 aromatic carbocycles. The van der Waals surface area contributed by atoms with Crippen molar-refractivity contribution < 1.29 is 22.7 Å². The molecule has 1 aromatic heterocycles. The number of aromatic nitrogens is 1. The highest BCUT2D eigenvalue weighted by Gasteiger charge is 2.18. The highest BCUT2D eigenvalue weighted by Crippen LogP contribution is 2.23. The zero-order chi connectivity index (χ0) is 13.1. The first-order chi connectivity index (χ1) is 8.63. The number of rotatable bonds is 3. The van der Waals surface area contributed by atoms with E-state index in [2.05, 4.69) is 4.98 Å². The summed E-state index contributed by atoms with van der Waals surface area (Å²) < 4.78 is 36.1. The highest BCUT2D eigenvalue weighted by atomic mass is 19.2. The molecule has 0 aliphatic heterocycles.